The maximum absolute atomic E-state index is 10.5. The number of hydrogen-bond donors (Lipinski definition) is 1. The lowest BCUT2D eigenvalue weighted by molar-refractivity contribution is -0.292. The highest BCUT2D eigenvalue weighted by Crippen LogP contribution is 2.66. The van der Waals surface area contributed by atoms with Crippen LogP contribution in [0.5, 0.6) is 11.5 Å². The van der Waals surface area contributed by atoms with Gasteiger partial charge in [-0.3, -0.25) is 0 Å². The molecule has 3 aliphatic rings. The fourth-order valence-corrected chi connectivity index (χ4v) is 5.80. The zero-order chi connectivity index (χ0) is 23.4. The van der Waals surface area contributed by atoms with Crippen molar-refractivity contribution in [1.29, 1.82) is 0 Å². The van der Waals surface area contributed by atoms with E-state index < -0.39 is 5.79 Å². The number of ether oxygens (including phenoxy) is 3. The van der Waals surface area contributed by atoms with Crippen LogP contribution in [0.3, 0.4) is 0 Å². The van der Waals surface area contributed by atoms with Crippen molar-refractivity contribution < 1.29 is 19.3 Å². The minimum absolute atomic E-state index is 0.0355. The summed E-state index contributed by atoms with van der Waals surface area (Å²) in [6.45, 7) is 12.9. The van der Waals surface area contributed by atoms with Gasteiger partial charge in [0.1, 0.15) is 17.3 Å². The molecule has 0 amide bonds. The highest BCUT2D eigenvalue weighted by atomic mass is 16.7. The monoisotopic (exact) mass is 438 g/mol. The van der Waals surface area contributed by atoms with E-state index in [1.54, 1.807) is 7.11 Å². The lowest BCUT2D eigenvalue weighted by atomic mass is 9.61. The minimum Gasteiger partial charge on any atom is -0.507 e. The third-order valence-corrected chi connectivity index (χ3v) is 8.00. The summed E-state index contributed by atoms with van der Waals surface area (Å²) in [6, 6.07) is 3.76. The molecular weight excluding hydrogens is 400 g/mol. The third kappa shape index (κ3) is 3.67. The van der Waals surface area contributed by atoms with Gasteiger partial charge in [-0.15, -0.1) is 0 Å². The van der Waals surface area contributed by atoms with Gasteiger partial charge in [0.15, 0.2) is 0 Å². The molecule has 0 aromatic heterocycles. The molecule has 0 bridgehead atoms. The van der Waals surface area contributed by atoms with Gasteiger partial charge in [-0.25, -0.2) is 0 Å². The number of phenols is 1. The van der Waals surface area contributed by atoms with E-state index in [-0.39, 0.29) is 16.4 Å². The van der Waals surface area contributed by atoms with E-state index in [9.17, 15) is 5.11 Å². The van der Waals surface area contributed by atoms with Gasteiger partial charge in [-0.05, 0) is 76.8 Å². The van der Waals surface area contributed by atoms with Crippen LogP contribution in [0.4, 0.5) is 0 Å². The third-order valence-electron chi connectivity index (χ3n) is 8.00. The second-order valence-corrected chi connectivity index (χ2v) is 10.9. The summed E-state index contributed by atoms with van der Waals surface area (Å²) in [6.07, 6.45) is 13.6. The molecule has 1 fully saturated rings. The van der Waals surface area contributed by atoms with Gasteiger partial charge in [0.05, 0.1) is 12.7 Å². The summed E-state index contributed by atoms with van der Waals surface area (Å²) in [4.78, 5) is 0. The van der Waals surface area contributed by atoms with Crippen LogP contribution in [0.1, 0.15) is 71.4 Å². The van der Waals surface area contributed by atoms with Crippen molar-refractivity contribution in [3.05, 3.63) is 58.9 Å². The highest BCUT2D eigenvalue weighted by Gasteiger charge is 2.66. The Hall–Kier alpha value is -2.20. The number of fused-ring (bicyclic) bond motifs is 2. The van der Waals surface area contributed by atoms with Gasteiger partial charge in [-0.1, -0.05) is 38.0 Å². The molecule has 1 aromatic rings. The minimum atomic E-state index is -0.714. The molecular formula is C28H38O4. The Morgan fingerprint density at radius 2 is 1.91 bits per heavy atom. The molecule has 1 N–H and O–H groups in total. The molecule has 174 valence electrons. The Morgan fingerprint density at radius 3 is 2.56 bits per heavy atom. The van der Waals surface area contributed by atoms with E-state index in [0.717, 1.165) is 41.9 Å². The molecule has 1 aliphatic carbocycles. The Kier molecular flexibility index (Phi) is 5.52. The van der Waals surface area contributed by atoms with Gasteiger partial charge >= 0.3 is 0 Å². The van der Waals surface area contributed by atoms with Gasteiger partial charge in [0, 0.05) is 22.8 Å². The molecule has 1 spiro atoms. The molecule has 4 nitrogen and oxygen atoms in total. The maximum atomic E-state index is 10.5. The van der Waals surface area contributed by atoms with Crippen LogP contribution >= 0.6 is 0 Å². The summed E-state index contributed by atoms with van der Waals surface area (Å²) in [5.41, 5.74) is 2.52. The van der Waals surface area contributed by atoms with Crippen molar-refractivity contribution in [3.63, 3.8) is 0 Å². The summed E-state index contributed by atoms with van der Waals surface area (Å²) in [7, 11) is 1.65. The molecule has 4 heteroatoms. The van der Waals surface area contributed by atoms with E-state index in [2.05, 4.69) is 58.9 Å². The summed E-state index contributed by atoms with van der Waals surface area (Å²) in [5.74, 6) is 1.37. The Labute approximate surface area is 193 Å². The summed E-state index contributed by atoms with van der Waals surface area (Å²) in [5, 5.41) is 10.5. The second kappa shape index (κ2) is 7.69. The smallest absolute Gasteiger partial charge is 0.236 e. The number of rotatable bonds is 5. The van der Waals surface area contributed by atoms with Crippen molar-refractivity contribution >= 4 is 0 Å². The maximum Gasteiger partial charge on any atom is 0.236 e. The van der Waals surface area contributed by atoms with Crippen molar-refractivity contribution in [2.24, 2.45) is 10.8 Å². The number of aryl methyl sites for hydroxylation is 1. The highest BCUT2D eigenvalue weighted by molar-refractivity contribution is 5.46. The number of benzene rings is 1. The van der Waals surface area contributed by atoms with Crippen molar-refractivity contribution in [2.45, 2.75) is 85.0 Å². The molecule has 1 saturated carbocycles. The first-order valence-electron chi connectivity index (χ1n) is 11.8. The SMILES string of the molecule is COc1cc(C)c(O)c(C/C=C(\C)CC2=C[C@@]3(C)CCC[C@@]3(C)[C@]3(C=CC(C)(C)O3)O2)c1. The van der Waals surface area contributed by atoms with E-state index >= 15 is 0 Å². The molecule has 2 heterocycles. The number of methoxy groups -OCH3 is 1. The Morgan fingerprint density at radius 1 is 1.16 bits per heavy atom. The van der Waals surface area contributed by atoms with Gasteiger partial charge in [-0.2, -0.15) is 0 Å². The molecule has 2 aliphatic heterocycles. The van der Waals surface area contributed by atoms with E-state index in [1.807, 2.05) is 19.1 Å². The van der Waals surface area contributed by atoms with Gasteiger partial charge in [0.25, 0.3) is 0 Å². The van der Waals surface area contributed by atoms with Crippen LogP contribution in [0.15, 0.2) is 47.8 Å². The standard InChI is InChI=1S/C28H38O4/c1-19(9-10-21-17-22(30-7)16-20(2)24(21)29)15-23-18-26(5)11-8-12-27(26,6)28(31-23)14-13-25(3,4)32-28/h9,13-14,16-18,29H,8,10-12,15H2,1-7H3/b19-9+/t26-,27-,28-/m1/s1. The van der Waals surface area contributed by atoms with Crippen LogP contribution in [0.25, 0.3) is 0 Å². The van der Waals surface area contributed by atoms with Crippen molar-refractivity contribution in [1.82, 2.24) is 0 Å². The van der Waals surface area contributed by atoms with E-state index in [4.69, 9.17) is 14.2 Å². The van der Waals surface area contributed by atoms with Crippen molar-refractivity contribution in [2.75, 3.05) is 7.11 Å². The first kappa shape index (κ1) is 23.0. The number of allylic oxidation sites excluding steroid dienone is 3. The molecule has 0 radical (unpaired) electrons. The zero-order valence-electron chi connectivity index (χ0n) is 20.7. The first-order chi connectivity index (χ1) is 14.9. The Bertz CT molecular complexity index is 1000. The molecule has 0 unspecified atom stereocenters. The largest absolute Gasteiger partial charge is 0.507 e. The average molecular weight is 439 g/mol. The lowest BCUT2D eigenvalue weighted by Crippen LogP contribution is -2.57. The van der Waals surface area contributed by atoms with Crippen LogP contribution in [-0.4, -0.2) is 23.6 Å². The quantitative estimate of drug-likeness (QED) is 0.516. The second-order valence-electron chi connectivity index (χ2n) is 10.9. The number of hydrogen-bond acceptors (Lipinski definition) is 4. The predicted molar refractivity (Wildman–Crippen MR) is 128 cm³/mol. The van der Waals surface area contributed by atoms with Crippen molar-refractivity contribution in [3.8, 4) is 11.5 Å². The molecule has 32 heavy (non-hydrogen) atoms. The van der Waals surface area contributed by atoms with Crippen LogP contribution in [0, 0.1) is 17.8 Å². The molecule has 3 atom stereocenters. The van der Waals surface area contributed by atoms with Crippen LogP contribution in [-0.2, 0) is 15.9 Å². The predicted octanol–water partition coefficient (Wildman–Crippen LogP) is 6.76. The zero-order valence-corrected chi connectivity index (χ0v) is 20.7. The lowest BCUT2D eigenvalue weighted by Gasteiger charge is -2.54. The molecule has 4 rings (SSSR count). The normalized spacial score (nSPS) is 33.2. The topological polar surface area (TPSA) is 47.9 Å². The van der Waals surface area contributed by atoms with E-state index in [1.165, 1.54) is 12.0 Å². The van der Waals surface area contributed by atoms with Crippen LogP contribution in [0.2, 0.25) is 0 Å². The average Bonchev–Trinajstić information content (AvgIpc) is 3.20. The fourth-order valence-electron chi connectivity index (χ4n) is 5.80. The number of phenolic OH excluding ortho intramolecular Hbond substituents is 1. The van der Waals surface area contributed by atoms with E-state index in [0.29, 0.717) is 12.2 Å². The summed E-state index contributed by atoms with van der Waals surface area (Å²) < 4.78 is 18.7. The fraction of sp³-hybridized carbons (Fsp3) is 0.571. The molecule has 1 aromatic carbocycles. The molecule has 0 saturated heterocycles. The number of aromatic hydroxyl groups is 1. The first-order valence-corrected chi connectivity index (χ1v) is 11.8. The van der Waals surface area contributed by atoms with Crippen LogP contribution < -0.4 is 4.74 Å². The Balaban J connectivity index is 1.58. The summed E-state index contributed by atoms with van der Waals surface area (Å²) >= 11 is 0. The van der Waals surface area contributed by atoms with Gasteiger partial charge < -0.3 is 19.3 Å². The van der Waals surface area contributed by atoms with Gasteiger partial charge in [0.2, 0.25) is 5.79 Å².